The Morgan fingerprint density at radius 1 is 1.28 bits per heavy atom. The van der Waals surface area contributed by atoms with Crippen molar-refractivity contribution in [2.75, 3.05) is 44.2 Å². The van der Waals surface area contributed by atoms with E-state index in [-0.39, 0.29) is 23.5 Å². The van der Waals surface area contributed by atoms with E-state index in [4.69, 9.17) is 9.15 Å². The molecule has 2 aromatic rings. The Kier molecular flexibility index (Phi) is 7.60. The van der Waals surface area contributed by atoms with Gasteiger partial charge >= 0.3 is 0 Å². The quantitative estimate of drug-likeness (QED) is 0.648. The molecule has 0 aliphatic carbocycles. The number of hydrogen-bond acceptors (Lipinski definition) is 6. The normalized spacial score (nSPS) is 15.1. The average Bonchev–Trinajstić information content (AvgIpc) is 3.17. The fraction of sp³-hybridized carbons (Fsp3) is 0.524. The van der Waals surface area contributed by atoms with E-state index in [1.165, 1.54) is 12.3 Å². The van der Waals surface area contributed by atoms with Gasteiger partial charge in [-0.3, -0.25) is 9.69 Å². The van der Waals surface area contributed by atoms with E-state index >= 15 is 0 Å². The number of para-hydroxylation sites is 1. The molecule has 7 nitrogen and oxygen atoms in total. The Morgan fingerprint density at radius 2 is 2.03 bits per heavy atom. The summed E-state index contributed by atoms with van der Waals surface area (Å²) in [5.41, 5.74) is 0.927. The van der Waals surface area contributed by atoms with E-state index in [1.54, 1.807) is 12.1 Å². The molecule has 29 heavy (non-hydrogen) atoms. The molecule has 3 rings (SSSR count). The molecule has 1 aromatic heterocycles. The first-order chi connectivity index (χ1) is 14.0. The van der Waals surface area contributed by atoms with Crippen molar-refractivity contribution in [3.05, 3.63) is 47.9 Å². The molecule has 1 amide bonds. The Balaban J connectivity index is 1.41. The van der Waals surface area contributed by atoms with Crippen LogP contribution in [-0.2, 0) is 11.3 Å². The van der Waals surface area contributed by atoms with Gasteiger partial charge in [0.2, 0.25) is 5.89 Å². The van der Waals surface area contributed by atoms with Crippen molar-refractivity contribution in [1.82, 2.24) is 15.2 Å². The zero-order chi connectivity index (χ0) is 20.6. The van der Waals surface area contributed by atoms with Crippen molar-refractivity contribution in [3.8, 4) is 0 Å². The lowest BCUT2D eigenvalue weighted by Gasteiger charge is -2.35. The van der Waals surface area contributed by atoms with E-state index in [0.29, 0.717) is 31.3 Å². The van der Waals surface area contributed by atoms with E-state index in [0.717, 1.165) is 32.6 Å². The van der Waals surface area contributed by atoms with Gasteiger partial charge < -0.3 is 19.4 Å². The van der Waals surface area contributed by atoms with Crippen LogP contribution in [0.1, 0.15) is 36.6 Å². The number of nitrogens with one attached hydrogen (secondary N) is 1. The molecule has 0 spiro atoms. The van der Waals surface area contributed by atoms with Crippen LogP contribution in [0.3, 0.4) is 0 Å². The molecule has 158 valence electrons. The van der Waals surface area contributed by atoms with Crippen LogP contribution in [0.15, 0.2) is 34.9 Å². The Morgan fingerprint density at radius 3 is 2.76 bits per heavy atom. The molecule has 0 saturated carbocycles. The minimum absolute atomic E-state index is 0.192. The van der Waals surface area contributed by atoms with Gasteiger partial charge in [0.1, 0.15) is 12.1 Å². The van der Waals surface area contributed by atoms with Crippen molar-refractivity contribution in [1.29, 1.82) is 0 Å². The van der Waals surface area contributed by atoms with Crippen LogP contribution in [0.2, 0.25) is 0 Å². The molecular weight excluding hydrogens is 375 g/mol. The van der Waals surface area contributed by atoms with Crippen molar-refractivity contribution < 1.29 is 18.3 Å². The van der Waals surface area contributed by atoms with Gasteiger partial charge in [-0.25, -0.2) is 9.37 Å². The molecule has 1 aliphatic rings. The van der Waals surface area contributed by atoms with Crippen LogP contribution in [-0.4, -0.2) is 61.2 Å². The third-order valence-corrected chi connectivity index (χ3v) is 4.77. The number of oxazole rings is 1. The third-order valence-electron chi connectivity index (χ3n) is 4.77. The van der Waals surface area contributed by atoms with Gasteiger partial charge in [0.15, 0.2) is 5.69 Å². The number of nitrogens with zero attached hydrogens (tertiary/aromatic N) is 3. The van der Waals surface area contributed by atoms with Crippen LogP contribution in [0.4, 0.5) is 10.1 Å². The lowest BCUT2D eigenvalue weighted by atomic mass is 10.2. The van der Waals surface area contributed by atoms with Gasteiger partial charge in [-0.15, -0.1) is 0 Å². The van der Waals surface area contributed by atoms with Gasteiger partial charge in [-0.2, -0.15) is 0 Å². The fourth-order valence-corrected chi connectivity index (χ4v) is 3.22. The number of halogens is 1. The van der Waals surface area contributed by atoms with Gasteiger partial charge in [-0.05, 0) is 32.4 Å². The van der Waals surface area contributed by atoms with E-state index in [1.807, 2.05) is 24.8 Å². The summed E-state index contributed by atoms with van der Waals surface area (Å²) in [6.07, 6.45) is 2.34. The second-order valence-electron chi connectivity index (χ2n) is 7.37. The van der Waals surface area contributed by atoms with E-state index in [9.17, 15) is 9.18 Å². The van der Waals surface area contributed by atoms with Gasteiger partial charge in [0.25, 0.3) is 5.91 Å². The maximum absolute atomic E-state index is 13.9. The van der Waals surface area contributed by atoms with Gasteiger partial charge in [0.05, 0.1) is 18.3 Å². The number of anilines is 1. The SMILES string of the molecule is CC(C)OCCCNC(=O)c1coc(CN2CCN(c3ccccc3F)CC2)n1. The Hall–Kier alpha value is -2.45. The molecule has 0 bridgehead atoms. The fourth-order valence-electron chi connectivity index (χ4n) is 3.22. The van der Waals surface area contributed by atoms with Crippen LogP contribution in [0.25, 0.3) is 0 Å². The molecule has 0 radical (unpaired) electrons. The highest BCUT2D eigenvalue weighted by Crippen LogP contribution is 2.20. The minimum atomic E-state index is -0.242. The second kappa shape index (κ2) is 10.4. The molecule has 1 aliphatic heterocycles. The minimum Gasteiger partial charge on any atom is -0.447 e. The van der Waals surface area contributed by atoms with Crippen LogP contribution in [0.5, 0.6) is 0 Å². The highest BCUT2D eigenvalue weighted by atomic mass is 19.1. The van der Waals surface area contributed by atoms with E-state index in [2.05, 4.69) is 15.2 Å². The molecule has 0 unspecified atom stereocenters. The van der Waals surface area contributed by atoms with Crippen LogP contribution >= 0.6 is 0 Å². The zero-order valence-corrected chi connectivity index (χ0v) is 17.1. The second-order valence-corrected chi connectivity index (χ2v) is 7.37. The molecule has 1 aromatic carbocycles. The molecule has 1 N–H and O–H groups in total. The summed E-state index contributed by atoms with van der Waals surface area (Å²) < 4.78 is 24.8. The topological polar surface area (TPSA) is 70.8 Å². The number of ether oxygens (including phenoxy) is 1. The number of aromatic nitrogens is 1. The molecule has 8 heteroatoms. The number of carbonyl (C=O) groups is 1. The summed E-state index contributed by atoms with van der Waals surface area (Å²) in [5, 5.41) is 2.82. The van der Waals surface area contributed by atoms with Gasteiger partial charge in [-0.1, -0.05) is 12.1 Å². The Labute approximate surface area is 170 Å². The van der Waals surface area contributed by atoms with Crippen LogP contribution < -0.4 is 10.2 Å². The number of carbonyl (C=O) groups excluding carboxylic acids is 1. The summed E-state index contributed by atoms with van der Waals surface area (Å²) in [7, 11) is 0. The van der Waals surface area contributed by atoms with Crippen molar-refractivity contribution in [3.63, 3.8) is 0 Å². The number of benzene rings is 1. The van der Waals surface area contributed by atoms with Crippen molar-refractivity contribution in [2.24, 2.45) is 0 Å². The predicted octanol–water partition coefficient (Wildman–Crippen LogP) is 2.68. The van der Waals surface area contributed by atoms with Crippen LogP contribution in [0, 0.1) is 5.82 Å². The lowest BCUT2D eigenvalue weighted by Crippen LogP contribution is -2.46. The smallest absolute Gasteiger partial charge is 0.273 e. The highest BCUT2D eigenvalue weighted by Gasteiger charge is 2.21. The molecule has 1 saturated heterocycles. The number of piperazine rings is 1. The zero-order valence-electron chi connectivity index (χ0n) is 17.1. The summed E-state index contributed by atoms with van der Waals surface area (Å²) in [5.74, 6) is 0.0756. The molecule has 2 heterocycles. The maximum atomic E-state index is 13.9. The first-order valence-corrected chi connectivity index (χ1v) is 10.1. The molecular formula is C21H29FN4O3. The third kappa shape index (κ3) is 6.27. The number of amides is 1. The summed E-state index contributed by atoms with van der Waals surface area (Å²) in [6.45, 7) is 8.64. The number of rotatable bonds is 9. The summed E-state index contributed by atoms with van der Waals surface area (Å²) in [4.78, 5) is 20.7. The van der Waals surface area contributed by atoms with Gasteiger partial charge in [0, 0.05) is 39.3 Å². The molecule has 0 atom stereocenters. The highest BCUT2D eigenvalue weighted by molar-refractivity contribution is 5.91. The predicted molar refractivity (Wildman–Crippen MR) is 108 cm³/mol. The summed E-state index contributed by atoms with van der Waals surface area (Å²) in [6, 6.07) is 6.84. The first-order valence-electron chi connectivity index (χ1n) is 10.1. The first kappa shape index (κ1) is 21.3. The maximum Gasteiger partial charge on any atom is 0.273 e. The largest absolute Gasteiger partial charge is 0.447 e. The molecule has 1 fully saturated rings. The number of hydrogen-bond donors (Lipinski definition) is 1. The Bertz CT molecular complexity index is 788. The van der Waals surface area contributed by atoms with Crippen molar-refractivity contribution >= 4 is 11.6 Å². The van der Waals surface area contributed by atoms with Crippen molar-refractivity contribution in [2.45, 2.75) is 32.9 Å². The summed E-state index contributed by atoms with van der Waals surface area (Å²) >= 11 is 0. The monoisotopic (exact) mass is 404 g/mol. The van der Waals surface area contributed by atoms with E-state index < -0.39 is 0 Å². The lowest BCUT2D eigenvalue weighted by molar-refractivity contribution is 0.0756. The standard InChI is InChI=1S/C21H29FN4O3/c1-16(2)28-13-5-8-23-21(27)18-15-29-20(24-18)14-25-9-11-26(12-10-25)19-7-4-3-6-17(19)22/h3-4,6-7,15-16H,5,8-14H2,1-2H3,(H,23,27). The average molecular weight is 404 g/mol.